The van der Waals surface area contributed by atoms with Gasteiger partial charge in [0.25, 0.3) is 0 Å². The highest BCUT2D eigenvalue weighted by Gasteiger charge is 2.32. The number of rotatable bonds is 4. The maximum Gasteiger partial charge on any atom is 0.157 e. The zero-order valence-corrected chi connectivity index (χ0v) is 10.9. The smallest absolute Gasteiger partial charge is 0.157 e. The molecule has 3 heteroatoms. The van der Waals surface area contributed by atoms with E-state index in [0.717, 1.165) is 31.6 Å². The lowest BCUT2D eigenvalue weighted by Gasteiger charge is -2.28. The molecule has 0 bridgehead atoms. The Bertz CT molecular complexity index is 394. The van der Waals surface area contributed by atoms with Crippen LogP contribution in [0.25, 0.3) is 0 Å². The number of benzene rings is 1. The zero-order valence-electron chi connectivity index (χ0n) is 10.9. The molecular formula is C15H21NO2. The van der Waals surface area contributed by atoms with Crippen LogP contribution in [0, 0.1) is 5.92 Å². The van der Waals surface area contributed by atoms with Gasteiger partial charge in [0.15, 0.2) is 5.78 Å². The van der Waals surface area contributed by atoms with Crippen molar-refractivity contribution in [1.29, 1.82) is 0 Å². The van der Waals surface area contributed by atoms with E-state index < -0.39 is 5.54 Å². The van der Waals surface area contributed by atoms with E-state index in [0.29, 0.717) is 12.3 Å². The van der Waals surface area contributed by atoms with Gasteiger partial charge in [0.05, 0.1) is 5.54 Å². The first-order valence-corrected chi connectivity index (χ1v) is 6.56. The van der Waals surface area contributed by atoms with Crippen LogP contribution in [0.15, 0.2) is 30.3 Å². The summed E-state index contributed by atoms with van der Waals surface area (Å²) in [6.07, 6.45) is 2.50. The third kappa shape index (κ3) is 2.98. The number of nitrogens with two attached hydrogens (primary N) is 1. The number of hydrogen-bond acceptors (Lipinski definition) is 3. The number of ether oxygens (including phenoxy) is 1. The number of ketones is 1. The second-order valence-electron chi connectivity index (χ2n) is 5.25. The van der Waals surface area contributed by atoms with E-state index in [4.69, 9.17) is 10.5 Å². The molecule has 1 atom stereocenters. The lowest BCUT2D eigenvalue weighted by Crippen LogP contribution is -2.43. The maximum absolute atomic E-state index is 12.4. The zero-order chi connectivity index (χ0) is 13.0. The third-order valence-corrected chi connectivity index (χ3v) is 3.77. The monoisotopic (exact) mass is 247 g/mol. The quantitative estimate of drug-likeness (QED) is 0.887. The predicted octanol–water partition coefficient (Wildman–Crippen LogP) is 2.25. The van der Waals surface area contributed by atoms with Gasteiger partial charge in [-0.15, -0.1) is 0 Å². The van der Waals surface area contributed by atoms with Gasteiger partial charge in [-0.05, 0) is 31.2 Å². The molecule has 1 aromatic carbocycles. The molecule has 18 heavy (non-hydrogen) atoms. The number of hydrogen-bond donors (Lipinski definition) is 1. The average Bonchev–Trinajstić information content (AvgIpc) is 2.41. The summed E-state index contributed by atoms with van der Waals surface area (Å²) in [4.78, 5) is 12.4. The van der Waals surface area contributed by atoms with E-state index in [2.05, 4.69) is 0 Å². The largest absolute Gasteiger partial charge is 0.381 e. The SMILES string of the molecule is CC(N)(C(=O)CC1CCOCC1)c1ccccc1. The molecule has 1 aliphatic heterocycles. The molecule has 2 rings (SSSR count). The molecule has 1 aromatic rings. The molecular weight excluding hydrogens is 226 g/mol. The predicted molar refractivity (Wildman–Crippen MR) is 71.1 cm³/mol. The van der Waals surface area contributed by atoms with Gasteiger partial charge in [0, 0.05) is 19.6 Å². The fourth-order valence-electron chi connectivity index (χ4n) is 2.37. The van der Waals surface area contributed by atoms with Gasteiger partial charge in [0.2, 0.25) is 0 Å². The molecule has 1 fully saturated rings. The van der Waals surface area contributed by atoms with E-state index in [1.54, 1.807) is 0 Å². The van der Waals surface area contributed by atoms with Crippen molar-refractivity contribution < 1.29 is 9.53 Å². The summed E-state index contributed by atoms with van der Waals surface area (Å²) in [6, 6.07) is 9.61. The van der Waals surface area contributed by atoms with Crippen LogP contribution in [-0.4, -0.2) is 19.0 Å². The van der Waals surface area contributed by atoms with Crippen molar-refractivity contribution in [3.8, 4) is 0 Å². The van der Waals surface area contributed by atoms with Crippen LogP contribution in [0.2, 0.25) is 0 Å². The highest BCUT2D eigenvalue weighted by molar-refractivity contribution is 5.89. The van der Waals surface area contributed by atoms with E-state index >= 15 is 0 Å². The van der Waals surface area contributed by atoms with Gasteiger partial charge in [-0.25, -0.2) is 0 Å². The molecule has 1 saturated heterocycles. The summed E-state index contributed by atoms with van der Waals surface area (Å²) in [7, 11) is 0. The van der Waals surface area contributed by atoms with Crippen molar-refractivity contribution >= 4 is 5.78 Å². The Kier molecular flexibility index (Phi) is 4.15. The topological polar surface area (TPSA) is 52.3 Å². The van der Waals surface area contributed by atoms with Crippen LogP contribution in [0.1, 0.15) is 31.7 Å². The van der Waals surface area contributed by atoms with Crippen LogP contribution in [0.5, 0.6) is 0 Å². The summed E-state index contributed by atoms with van der Waals surface area (Å²) < 4.78 is 5.31. The van der Waals surface area contributed by atoms with E-state index in [-0.39, 0.29) is 5.78 Å². The average molecular weight is 247 g/mol. The molecule has 0 radical (unpaired) electrons. The Morgan fingerprint density at radius 3 is 2.56 bits per heavy atom. The first-order chi connectivity index (χ1) is 8.60. The fourth-order valence-corrected chi connectivity index (χ4v) is 2.37. The van der Waals surface area contributed by atoms with Gasteiger partial charge >= 0.3 is 0 Å². The van der Waals surface area contributed by atoms with E-state index in [1.165, 1.54) is 0 Å². The minimum absolute atomic E-state index is 0.126. The first-order valence-electron chi connectivity index (χ1n) is 6.56. The maximum atomic E-state index is 12.4. The van der Waals surface area contributed by atoms with Crippen LogP contribution in [-0.2, 0) is 15.1 Å². The molecule has 0 amide bonds. The van der Waals surface area contributed by atoms with Crippen molar-refractivity contribution in [2.75, 3.05) is 13.2 Å². The van der Waals surface area contributed by atoms with Crippen LogP contribution in [0.4, 0.5) is 0 Å². The van der Waals surface area contributed by atoms with Crippen molar-refractivity contribution in [3.63, 3.8) is 0 Å². The summed E-state index contributed by atoms with van der Waals surface area (Å²) in [5.41, 5.74) is 6.23. The summed E-state index contributed by atoms with van der Waals surface area (Å²) in [5.74, 6) is 0.554. The summed E-state index contributed by atoms with van der Waals surface area (Å²) >= 11 is 0. The Morgan fingerprint density at radius 2 is 1.94 bits per heavy atom. The van der Waals surface area contributed by atoms with Crippen molar-refractivity contribution in [2.24, 2.45) is 11.7 Å². The van der Waals surface area contributed by atoms with Gasteiger partial charge in [-0.1, -0.05) is 30.3 Å². The van der Waals surface area contributed by atoms with Gasteiger partial charge < -0.3 is 10.5 Å². The Balaban J connectivity index is 2.03. The minimum atomic E-state index is -0.875. The standard InChI is InChI=1S/C15H21NO2/c1-15(16,13-5-3-2-4-6-13)14(17)11-12-7-9-18-10-8-12/h2-6,12H,7-11,16H2,1H3. The molecule has 0 spiro atoms. The molecule has 0 aromatic heterocycles. The van der Waals surface area contributed by atoms with Crippen LogP contribution in [0.3, 0.4) is 0 Å². The number of Topliss-reactive ketones (excluding diaryl/α,β-unsaturated/α-hetero) is 1. The van der Waals surface area contributed by atoms with Crippen LogP contribution >= 0.6 is 0 Å². The normalized spacial score (nSPS) is 20.3. The molecule has 98 valence electrons. The number of carbonyl (C=O) groups excluding carboxylic acids is 1. The minimum Gasteiger partial charge on any atom is -0.381 e. The van der Waals surface area contributed by atoms with Crippen molar-refractivity contribution in [3.05, 3.63) is 35.9 Å². The number of carbonyl (C=O) groups is 1. The Labute approximate surface area is 108 Å². The Morgan fingerprint density at radius 1 is 1.33 bits per heavy atom. The second-order valence-corrected chi connectivity index (χ2v) is 5.25. The lowest BCUT2D eigenvalue weighted by atomic mass is 9.82. The van der Waals surface area contributed by atoms with Crippen molar-refractivity contribution in [1.82, 2.24) is 0 Å². The van der Waals surface area contributed by atoms with Gasteiger partial charge in [-0.2, -0.15) is 0 Å². The van der Waals surface area contributed by atoms with Crippen molar-refractivity contribution in [2.45, 2.75) is 31.7 Å². The second kappa shape index (κ2) is 5.63. The molecule has 2 N–H and O–H groups in total. The van der Waals surface area contributed by atoms with E-state index in [9.17, 15) is 4.79 Å². The molecule has 0 saturated carbocycles. The summed E-state index contributed by atoms with van der Waals surface area (Å²) in [5, 5.41) is 0. The molecule has 3 nitrogen and oxygen atoms in total. The van der Waals surface area contributed by atoms with Gasteiger partial charge in [0.1, 0.15) is 0 Å². The highest BCUT2D eigenvalue weighted by Crippen LogP contribution is 2.26. The molecule has 0 aliphatic carbocycles. The third-order valence-electron chi connectivity index (χ3n) is 3.77. The Hall–Kier alpha value is -1.19. The first kappa shape index (κ1) is 13.2. The fraction of sp³-hybridized carbons (Fsp3) is 0.533. The molecule has 1 unspecified atom stereocenters. The lowest BCUT2D eigenvalue weighted by molar-refractivity contribution is -0.125. The van der Waals surface area contributed by atoms with Gasteiger partial charge in [-0.3, -0.25) is 4.79 Å². The summed E-state index contributed by atoms with van der Waals surface area (Å²) in [6.45, 7) is 3.35. The molecule has 1 aliphatic rings. The van der Waals surface area contributed by atoms with Crippen LogP contribution < -0.4 is 5.73 Å². The molecule has 1 heterocycles. The van der Waals surface area contributed by atoms with E-state index in [1.807, 2.05) is 37.3 Å². The highest BCUT2D eigenvalue weighted by atomic mass is 16.5.